The number of hydrogen-bond donors (Lipinski definition) is 0. The van der Waals surface area contributed by atoms with Crippen LogP contribution in [-0.4, -0.2) is 36.8 Å². The van der Waals surface area contributed by atoms with Crippen molar-refractivity contribution in [3.8, 4) is 0 Å². The van der Waals surface area contributed by atoms with Crippen molar-refractivity contribution in [2.75, 3.05) is 0 Å². The molecule has 0 amide bonds. The third-order valence-corrected chi connectivity index (χ3v) is 30.5. The van der Waals surface area contributed by atoms with Gasteiger partial charge in [0.15, 0.2) is 0 Å². The molecule has 2 aromatic carbocycles. The van der Waals surface area contributed by atoms with Crippen molar-refractivity contribution in [3.05, 3.63) is 35.4 Å². The molecule has 40 heavy (non-hydrogen) atoms. The molecule has 2 heterocycles. The second kappa shape index (κ2) is 13.9. The first-order chi connectivity index (χ1) is 18.9. The molecule has 4 aromatic rings. The van der Waals surface area contributed by atoms with E-state index in [0.717, 1.165) is 11.8 Å². The van der Waals surface area contributed by atoms with E-state index in [4.69, 9.17) is 0 Å². The van der Waals surface area contributed by atoms with Crippen LogP contribution in [0.15, 0.2) is 24.3 Å². The Morgan fingerprint density at radius 2 is 0.925 bits per heavy atom. The zero-order valence-corrected chi connectivity index (χ0v) is 34.7. The SMILES string of the molecule is CCCCC(CC)Cc1cc2c(cc1CC(CC)CCCC)c1c[c]([Sn]([CH3])([CH3])[CH3])sc1c1s[c]([Sn]([CH3])([CH3])[CH3])cc21. The first kappa shape index (κ1) is 33.1. The van der Waals surface area contributed by atoms with Gasteiger partial charge in [0.2, 0.25) is 0 Å². The van der Waals surface area contributed by atoms with E-state index >= 15 is 0 Å². The van der Waals surface area contributed by atoms with Crippen LogP contribution in [0.3, 0.4) is 0 Å². The van der Waals surface area contributed by atoms with Gasteiger partial charge in [0, 0.05) is 0 Å². The molecule has 0 fully saturated rings. The van der Waals surface area contributed by atoms with Gasteiger partial charge in [0.1, 0.15) is 0 Å². The Morgan fingerprint density at radius 3 is 1.23 bits per heavy atom. The van der Waals surface area contributed by atoms with E-state index in [1.165, 1.54) is 64.2 Å². The Labute approximate surface area is 262 Å². The van der Waals surface area contributed by atoms with E-state index in [1.54, 1.807) is 47.9 Å². The van der Waals surface area contributed by atoms with E-state index in [-0.39, 0.29) is 0 Å². The fraction of sp³-hybridized carbons (Fsp3) is 0.611. The molecule has 0 aliphatic heterocycles. The second-order valence-electron chi connectivity index (χ2n) is 14.6. The van der Waals surface area contributed by atoms with Crippen molar-refractivity contribution in [2.45, 2.75) is 122 Å². The van der Waals surface area contributed by atoms with Crippen molar-refractivity contribution in [1.29, 1.82) is 0 Å². The minimum atomic E-state index is -2.20. The average molecular weight is 790 g/mol. The molecule has 2 unspecified atom stereocenters. The fourth-order valence-corrected chi connectivity index (χ4v) is 19.2. The molecule has 0 aliphatic carbocycles. The standard InChI is InChI=1S/C30H38S2.6CH3.2Sn/c1-5-9-11-21(7-3)17-23-19-27-25-13-15-31-29(25)30-26(14-16-32-30)28(27)20-24(23)18-22(8-4)12-10-6-2;;;;;;;;/h13-14,19-22H,5-12,17-18H2,1-4H3;6*1H3;;. The maximum atomic E-state index is 2.71. The number of unbranched alkanes of at least 4 members (excludes halogenated alkanes) is 2. The summed E-state index contributed by atoms with van der Waals surface area (Å²) in [4.78, 5) is 15.6. The van der Waals surface area contributed by atoms with Gasteiger partial charge >= 0.3 is 265 Å². The maximum absolute atomic E-state index is 2.71. The van der Waals surface area contributed by atoms with Crippen LogP contribution in [0.25, 0.3) is 30.9 Å². The summed E-state index contributed by atoms with van der Waals surface area (Å²) in [6, 6.07) is 10.7. The van der Waals surface area contributed by atoms with Crippen molar-refractivity contribution >= 4 is 96.2 Å². The molecule has 2 aromatic heterocycles. The van der Waals surface area contributed by atoms with Crippen LogP contribution in [0.2, 0.25) is 29.6 Å². The average Bonchev–Trinajstić information content (AvgIpc) is 3.54. The summed E-state index contributed by atoms with van der Waals surface area (Å²) < 4.78 is 6.67. The molecule has 0 spiro atoms. The van der Waals surface area contributed by atoms with Gasteiger partial charge in [-0.05, 0) is 0 Å². The van der Waals surface area contributed by atoms with Gasteiger partial charge < -0.3 is 0 Å². The molecule has 2 atom stereocenters. The predicted molar refractivity (Wildman–Crippen MR) is 195 cm³/mol. The van der Waals surface area contributed by atoms with Gasteiger partial charge in [-0.2, -0.15) is 0 Å². The third-order valence-electron chi connectivity index (χ3n) is 9.17. The van der Waals surface area contributed by atoms with Crippen LogP contribution in [-0.2, 0) is 12.8 Å². The summed E-state index contributed by atoms with van der Waals surface area (Å²) in [7, 11) is 0. The number of benzene rings is 2. The summed E-state index contributed by atoms with van der Waals surface area (Å²) in [6.07, 6.45) is 13.2. The first-order valence-corrected chi connectivity index (χ1v) is 38.0. The number of hydrogen-bond acceptors (Lipinski definition) is 2. The third kappa shape index (κ3) is 7.46. The summed E-state index contributed by atoms with van der Waals surface area (Å²) >= 11 is -0.0761. The molecule has 4 heteroatoms. The predicted octanol–water partition coefficient (Wildman–Crippen LogP) is 11.9. The Kier molecular flexibility index (Phi) is 11.5. The van der Waals surface area contributed by atoms with Crippen LogP contribution in [0, 0.1) is 11.8 Å². The molecule has 0 radical (unpaired) electrons. The molecular formula is C36H56S2Sn2. The molecular weight excluding hydrogens is 734 g/mol. The molecule has 0 nitrogen and oxygen atoms in total. The van der Waals surface area contributed by atoms with Crippen LogP contribution < -0.4 is 5.79 Å². The number of fused-ring (bicyclic) bond motifs is 6. The number of rotatable bonds is 14. The van der Waals surface area contributed by atoms with Gasteiger partial charge in [-0.15, -0.1) is 0 Å². The van der Waals surface area contributed by atoms with Crippen LogP contribution in [0.4, 0.5) is 0 Å². The fourth-order valence-electron chi connectivity index (χ4n) is 6.28. The minimum absolute atomic E-state index is 0.803. The Balaban J connectivity index is 2.01. The molecule has 0 saturated heterocycles. The van der Waals surface area contributed by atoms with Crippen molar-refractivity contribution in [2.24, 2.45) is 11.8 Å². The van der Waals surface area contributed by atoms with Gasteiger partial charge in [-0.3, -0.25) is 0 Å². The zero-order valence-electron chi connectivity index (χ0n) is 27.4. The molecule has 4 rings (SSSR count). The van der Waals surface area contributed by atoms with Crippen molar-refractivity contribution in [1.82, 2.24) is 0 Å². The molecule has 0 saturated carbocycles. The van der Waals surface area contributed by atoms with E-state index < -0.39 is 36.8 Å². The van der Waals surface area contributed by atoms with Crippen molar-refractivity contribution in [3.63, 3.8) is 0 Å². The van der Waals surface area contributed by atoms with Gasteiger partial charge in [0.25, 0.3) is 0 Å². The first-order valence-electron chi connectivity index (χ1n) is 16.4. The van der Waals surface area contributed by atoms with E-state index in [0.29, 0.717) is 0 Å². The summed E-state index contributed by atoms with van der Waals surface area (Å²) in [5, 5.41) is 6.25. The number of thiophene rings is 2. The van der Waals surface area contributed by atoms with Crippen LogP contribution in [0.1, 0.15) is 90.2 Å². The van der Waals surface area contributed by atoms with Gasteiger partial charge in [0.05, 0.1) is 0 Å². The van der Waals surface area contributed by atoms with Gasteiger partial charge in [-0.1, -0.05) is 0 Å². The molecule has 220 valence electrons. The summed E-state index contributed by atoms with van der Waals surface area (Å²) in [5.74, 6) is 1.61. The Hall–Kier alpha value is 0.217. The van der Waals surface area contributed by atoms with E-state index in [2.05, 4.69) is 104 Å². The normalized spacial score (nSPS) is 14.6. The summed E-state index contributed by atoms with van der Waals surface area (Å²) in [5.41, 5.74) is 3.34. The molecule has 0 N–H and O–H groups in total. The quantitative estimate of drug-likeness (QED) is 0.112. The van der Waals surface area contributed by atoms with Crippen molar-refractivity contribution < 1.29 is 0 Å². The Bertz CT molecular complexity index is 1320. The summed E-state index contributed by atoms with van der Waals surface area (Å²) in [6.45, 7) is 9.54. The van der Waals surface area contributed by atoms with Crippen LogP contribution >= 0.6 is 22.7 Å². The molecule has 0 bridgehead atoms. The van der Waals surface area contributed by atoms with E-state index in [9.17, 15) is 0 Å². The van der Waals surface area contributed by atoms with E-state index in [1.807, 2.05) is 0 Å². The zero-order chi connectivity index (χ0) is 29.2. The van der Waals surface area contributed by atoms with Gasteiger partial charge in [-0.25, -0.2) is 0 Å². The topological polar surface area (TPSA) is 0 Å². The molecule has 0 aliphatic rings. The Morgan fingerprint density at radius 1 is 0.550 bits per heavy atom. The monoisotopic (exact) mass is 792 g/mol. The second-order valence-corrected chi connectivity index (χ2v) is 47.5. The van der Waals surface area contributed by atoms with Crippen LogP contribution in [0.5, 0.6) is 0 Å².